The number of piperidine rings is 1. The van der Waals surface area contributed by atoms with Gasteiger partial charge >= 0.3 is 6.09 Å². The maximum Gasteiger partial charge on any atom is 0.409 e. The van der Waals surface area contributed by atoms with Crippen molar-refractivity contribution in [1.82, 2.24) is 20.1 Å². The molecule has 2 saturated heterocycles. The van der Waals surface area contributed by atoms with Crippen LogP contribution in [-0.2, 0) is 11.3 Å². The molecule has 2 aliphatic heterocycles. The highest BCUT2D eigenvalue weighted by molar-refractivity contribution is 14.0. The van der Waals surface area contributed by atoms with Crippen molar-refractivity contribution >= 4 is 41.8 Å². The number of halogens is 1. The van der Waals surface area contributed by atoms with E-state index < -0.39 is 0 Å². The van der Waals surface area contributed by atoms with Crippen molar-refractivity contribution in [2.24, 2.45) is 10.7 Å². The number of nitrogens with two attached hydrogens (primary N) is 1. The van der Waals surface area contributed by atoms with Gasteiger partial charge in [0, 0.05) is 51.5 Å². The molecule has 1 amide bonds. The van der Waals surface area contributed by atoms with E-state index in [0.29, 0.717) is 32.2 Å². The predicted octanol–water partition coefficient (Wildman–Crippen LogP) is 1.48. The third-order valence-electron chi connectivity index (χ3n) is 5.44. The average Bonchev–Trinajstić information content (AvgIpc) is 2.74. The van der Waals surface area contributed by atoms with Crippen LogP contribution in [0.3, 0.4) is 0 Å². The monoisotopic (exact) mass is 531 g/mol. The van der Waals surface area contributed by atoms with Gasteiger partial charge in [-0.3, -0.25) is 0 Å². The Bertz CT molecular complexity index is 685. The second-order valence-corrected chi connectivity index (χ2v) is 7.62. The Kier molecular flexibility index (Phi) is 9.89. The van der Waals surface area contributed by atoms with E-state index in [-0.39, 0.29) is 36.1 Å². The van der Waals surface area contributed by atoms with Gasteiger partial charge in [-0.1, -0.05) is 6.07 Å². The summed E-state index contributed by atoms with van der Waals surface area (Å²) in [5.41, 5.74) is 7.09. The number of ether oxygens (including phenoxy) is 1. The number of aliphatic imine (C=N–C) groups is 1. The molecule has 0 spiro atoms. The lowest BCUT2D eigenvalue weighted by atomic mass is 10.1. The molecule has 0 bridgehead atoms. The first kappa shape index (κ1) is 24.4. The Morgan fingerprint density at radius 1 is 1.23 bits per heavy atom. The largest absolute Gasteiger partial charge is 0.450 e. The van der Waals surface area contributed by atoms with Crippen molar-refractivity contribution in [3.05, 3.63) is 23.9 Å². The average molecular weight is 531 g/mol. The lowest BCUT2D eigenvalue weighted by Gasteiger charge is -2.33. The van der Waals surface area contributed by atoms with Gasteiger partial charge in [-0.05, 0) is 38.4 Å². The molecule has 9 nitrogen and oxygen atoms in total. The molecule has 0 saturated carbocycles. The molecule has 0 radical (unpaired) electrons. The second kappa shape index (κ2) is 12.1. The zero-order valence-corrected chi connectivity index (χ0v) is 20.2. The zero-order chi connectivity index (χ0) is 20.6. The molecule has 3 N–H and O–H groups in total. The molecule has 0 unspecified atom stereocenters. The number of likely N-dealkylation sites (tertiary alicyclic amines) is 1. The molecule has 10 heteroatoms. The van der Waals surface area contributed by atoms with Gasteiger partial charge in [-0.2, -0.15) is 0 Å². The van der Waals surface area contributed by atoms with Crippen molar-refractivity contribution in [3.63, 3.8) is 0 Å². The molecule has 1 aromatic rings. The molecule has 2 fully saturated rings. The third kappa shape index (κ3) is 7.15. The van der Waals surface area contributed by atoms with Gasteiger partial charge in [0.05, 0.1) is 13.2 Å². The van der Waals surface area contributed by atoms with E-state index in [4.69, 9.17) is 10.5 Å². The van der Waals surface area contributed by atoms with Crippen molar-refractivity contribution in [1.29, 1.82) is 0 Å². The molecule has 3 heterocycles. The number of anilines is 1. The number of carbonyl (C=O) groups is 1. The summed E-state index contributed by atoms with van der Waals surface area (Å²) in [7, 11) is 2.15. The highest BCUT2D eigenvalue weighted by Crippen LogP contribution is 2.14. The number of likely N-dealkylation sites (N-methyl/N-ethyl adjacent to an activating group) is 1. The molecular weight excluding hydrogens is 497 g/mol. The van der Waals surface area contributed by atoms with Crippen LogP contribution in [0.5, 0.6) is 0 Å². The van der Waals surface area contributed by atoms with Gasteiger partial charge in [-0.25, -0.2) is 14.8 Å². The minimum absolute atomic E-state index is 0. The Morgan fingerprint density at radius 3 is 2.53 bits per heavy atom. The van der Waals surface area contributed by atoms with Crippen molar-refractivity contribution < 1.29 is 9.53 Å². The first-order valence-electron chi connectivity index (χ1n) is 10.4. The van der Waals surface area contributed by atoms with Crippen LogP contribution in [0.15, 0.2) is 23.3 Å². The molecule has 3 rings (SSSR count). The van der Waals surface area contributed by atoms with Crippen LogP contribution in [0.2, 0.25) is 0 Å². The van der Waals surface area contributed by atoms with Crippen LogP contribution in [-0.4, -0.2) is 85.8 Å². The van der Waals surface area contributed by atoms with E-state index in [1.165, 1.54) is 0 Å². The van der Waals surface area contributed by atoms with Crippen LogP contribution < -0.4 is 16.0 Å². The maximum atomic E-state index is 11.7. The molecule has 0 aromatic carbocycles. The number of hydrogen-bond acceptors (Lipinski definition) is 6. The maximum absolute atomic E-state index is 11.7. The quantitative estimate of drug-likeness (QED) is 0.338. The van der Waals surface area contributed by atoms with Crippen LogP contribution in [0, 0.1) is 0 Å². The van der Waals surface area contributed by atoms with Crippen molar-refractivity contribution in [2.75, 3.05) is 57.8 Å². The van der Waals surface area contributed by atoms with Crippen LogP contribution in [0.4, 0.5) is 10.6 Å². The molecule has 168 valence electrons. The van der Waals surface area contributed by atoms with Gasteiger partial charge in [0.15, 0.2) is 5.96 Å². The van der Waals surface area contributed by atoms with Crippen LogP contribution in [0.25, 0.3) is 0 Å². The SMILES string of the molecule is CCOC(=O)N1CCC(NC(N)=NCc2ccc(N3CCN(C)CC3)nc2)CC1.I. The molecule has 30 heavy (non-hydrogen) atoms. The molecule has 0 atom stereocenters. The highest BCUT2D eigenvalue weighted by Gasteiger charge is 2.23. The fraction of sp³-hybridized carbons (Fsp3) is 0.650. The normalized spacial score (nSPS) is 18.7. The van der Waals surface area contributed by atoms with Gasteiger partial charge in [0.25, 0.3) is 0 Å². The summed E-state index contributed by atoms with van der Waals surface area (Å²) in [4.78, 5) is 27.2. The standard InChI is InChI=1S/C20H33N7O2.HI/c1-3-29-20(28)27-8-6-17(7-9-27)24-19(21)23-15-16-4-5-18(22-14-16)26-12-10-25(2)11-13-26;/h4-5,14,17H,3,6-13,15H2,1-2H3,(H3,21,23,24);1H. The number of carbonyl (C=O) groups excluding carboxylic acids is 1. The molecular formula is C20H34IN7O2. The first-order chi connectivity index (χ1) is 14.0. The number of piperazine rings is 1. The Morgan fingerprint density at radius 2 is 1.93 bits per heavy atom. The summed E-state index contributed by atoms with van der Waals surface area (Å²) in [6.07, 6.45) is 3.30. The van der Waals surface area contributed by atoms with E-state index in [2.05, 4.69) is 44.3 Å². The number of nitrogens with zero attached hydrogens (tertiary/aromatic N) is 5. The van der Waals surface area contributed by atoms with Crippen LogP contribution >= 0.6 is 24.0 Å². The number of nitrogens with one attached hydrogen (secondary N) is 1. The topological polar surface area (TPSA) is 99.3 Å². The second-order valence-electron chi connectivity index (χ2n) is 7.62. The summed E-state index contributed by atoms with van der Waals surface area (Å²) in [5.74, 6) is 1.45. The number of rotatable bonds is 5. The highest BCUT2D eigenvalue weighted by atomic mass is 127. The van der Waals surface area contributed by atoms with Gasteiger partial charge < -0.3 is 30.5 Å². The fourth-order valence-corrected chi connectivity index (χ4v) is 3.59. The smallest absolute Gasteiger partial charge is 0.409 e. The van der Waals surface area contributed by atoms with Gasteiger partial charge in [0.2, 0.25) is 0 Å². The summed E-state index contributed by atoms with van der Waals surface area (Å²) in [6, 6.07) is 4.35. The predicted molar refractivity (Wildman–Crippen MR) is 129 cm³/mol. The van der Waals surface area contributed by atoms with E-state index in [9.17, 15) is 4.79 Å². The summed E-state index contributed by atoms with van der Waals surface area (Å²) < 4.78 is 5.04. The van der Waals surface area contributed by atoms with E-state index in [1.54, 1.807) is 4.90 Å². The lowest BCUT2D eigenvalue weighted by Crippen LogP contribution is -2.48. The number of amides is 1. The van der Waals surface area contributed by atoms with E-state index >= 15 is 0 Å². The summed E-state index contributed by atoms with van der Waals surface area (Å²) in [5, 5.41) is 3.26. The summed E-state index contributed by atoms with van der Waals surface area (Å²) >= 11 is 0. The van der Waals surface area contributed by atoms with Crippen molar-refractivity contribution in [2.45, 2.75) is 32.4 Å². The van der Waals surface area contributed by atoms with E-state index in [1.807, 2.05) is 13.1 Å². The minimum Gasteiger partial charge on any atom is -0.450 e. The first-order valence-corrected chi connectivity index (χ1v) is 10.4. The number of pyridine rings is 1. The van der Waals surface area contributed by atoms with Crippen LogP contribution in [0.1, 0.15) is 25.3 Å². The Labute approximate surface area is 196 Å². The Balaban J connectivity index is 0.00000320. The fourth-order valence-electron chi connectivity index (χ4n) is 3.59. The minimum atomic E-state index is -0.236. The van der Waals surface area contributed by atoms with E-state index in [0.717, 1.165) is 50.4 Å². The number of guanidine groups is 1. The van der Waals surface area contributed by atoms with Crippen molar-refractivity contribution in [3.8, 4) is 0 Å². The van der Waals surface area contributed by atoms with Gasteiger partial charge in [0.1, 0.15) is 5.82 Å². The Hall–Kier alpha value is -1.82. The summed E-state index contributed by atoms with van der Waals surface area (Å²) in [6.45, 7) is 8.20. The lowest BCUT2D eigenvalue weighted by molar-refractivity contribution is 0.0963. The number of aromatic nitrogens is 1. The molecule has 0 aliphatic carbocycles. The zero-order valence-electron chi connectivity index (χ0n) is 17.9. The molecule has 2 aliphatic rings. The third-order valence-corrected chi connectivity index (χ3v) is 5.44. The number of hydrogen-bond donors (Lipinski definition) is 2. The van der Waals surface area contributed by atoms with Gasteiger partial charge in [-0.15, -0.1) is 24.0 Å². The molecule has 1 aromatic heterocycles.